The number of fused-ring (bicyclic) bond motifs is 5. The van der Waals surface area contributed by atoms with Gasteiger partial charge in [0.25, 0.3) is 0 Å². The molecule has 0 radical (unpaired) electrons. The topological polar surface area (TPSA) is 110 Å². The van der Waals surface area contributed by atoms with Crippen molar-refractivity contribution in [3.8, 4) is 11.3 Å². The fourth-order valence-electron chi connectivity index (χ4n) is 5.77. The van der Waals surface area contributed by atoms with E-state index in [1.165, 1.54) is 0 Å². The van der Waals surface area contributed by atoms with Crippen LogP contribution in [0.3, 0.4) is 0 Å². The highest BCUT2D eigenvalue weighted by Crippen LogP contribution is 2.51. The molecule has 1 aromatic carbocycles. The van der Waals surface area contributed by atoms with Gasteiger partial charge in [0.1, 0.15) is 10.7 Å². The predicted octanol–water partition coefficient (Wildman–Crippen LogP) is 2.91. The average Bonchev–Trinajstić information content (AvgIpc) is 3.21. The van der Waals surface area contributed by atoms with Crippen LogP contribution in [0.2, 0.25) is 5.02 Å². The monoisotopic (exact) mass is 467 g/mol. The van der Waals surface area contributed by atoms with Gasteiger partial charge >= 0.3 is 6.03 Å². The molecule has 2 fully saturated rings. The van der Waals surface area contributed by atoms with Crippen LogP contribution in [0.25, 0.3) is 22.2 Å². The van der Waals surface area contributed by atoms with Gasteiger partial charge in [0, 0.05) is 31.0 Å². The third kappa shape index (κ3) is 2.88. The van der Waals surface area contributed by atoms with E-state index < -0.39 is 11.4 Å². The van der Waals surface area contributed by atoms with E-state index in [0.29, 0.717) is 29.3 Å². The Morgan fingerprint density at radius 3 is 2.79 bits per heavy atom. The number of aromatic nitrogens is 2. The molecule has 6 rings (SSSR count). The molecule has 9 nitrogen and oxygen atoms in total. The van der Waals surface area contributed by atoms with Gasteiger partial charge in [-0.15, -0.1) is 0 Å². The van der Waals surface area contributed by atoms with Gasteiger partial charge in [-0.25, -0.2) is 4.79 Å². The number of urea groups is 1. The quantitative estimate of drug-likeness (QED) is 0.566. The molecule has 0 aliphatic carbocycles. The zero-order chi connectivity index (χ0) is 22.9. The lowest BCUT2D eigenvalue weighted by molar-refractivity contribution is -0.139. The maximum atomic E-state index is 13.3. The van der Waals surface area contributed by atoms with Crippen molar-refractivity contribution in [2.24, 2.45) is 5.41 Å². The number of halogens is 1. The summed E-state index contributed by atoms with van der Waals surface area (Å²) in [6, 6.07) is 4.94. The molecule has 5 heterocycles. The van der Waals surface area contributed by atoms with Gasteiger partial charge in [-0.3, -0.25) is 15.1 Å². The minimum absolute atomic E-state index is 0.0608. The van der Waals surface area contributed by atoms with Crippen LogP contribution in [0.4, 0.5) is 10.5 Å². The van der Waals surface area contributed by atoms with Gasteiger partial charge < -0.3 is 19.5 Å². The Bertz CT molecular complexity index is 1290. The predicted molar refractivity (Wildman–Crippen MR) is 121 cm³/mol. The van der Waals surface area contributed by atoms with Crippen LogP contribution < -0.4 is 15.5 Å². The largest absolute Gasteiger partial charge is 0.372 e. The van der Waals surface area contributed by atoms with Gasteiger partial charge in [-0.05, 0) is 44.0 Å². The first-order chi connectivity index (χ1) is 15.9. The Morgan fingerprint density at radius 2 is 2.03 bits per heavy atom. The van der Waals surface area contributed by atoms with Crippen molar-refractivity contribution in [3.63, 3.8) is 0 Å². The average molecular weight is 468 g/mol. The van der Waals surface area contributed by atoms with Gasteiger partial charge in [0.2, 0.25) is 5.91 Å². The Morgan fingerprint density at radius 1 is 1.24 bits per heavy atom. The fraction of sp³-hybridized carbons (Fsp3) is 0.391. The summed E-state index contributed by atoms with van der Waals surface area (Å²) in [6.45, 7) is 4.74. The minimum Gasteiger partial charge on any atom is -0.372 e. The lowest BCUT2D eigenvalue weighted by Crippen LogP contribution is -2.73. The summed E-state index contributed by atoms with van der Waals surface area (Å²) in [5.74, 6) is -0.298. The molecule has 0 bridgehead atoms. The summed E-state index contributed by atoms with van der Waals surface area (Å²) in [7, 11) is 0. The normalized spacial score (nSPS) is 28.9. The number of carbonyl (C=O) groups is 2. The molecule has 170 valence electrons. The molecule has 3 aromatic rings. The number of hydrogen-bond acceptors (Lipinski definition) is 7. The van der Waals surface area contributed by atoms with E-state index in [-0.39, 0.29) is 30.7 Å². The Kier molecular flexibility index (Phi) is 4.44. The molecular formula is C23H22ClN5O4. The summed E-state index contributed by atoms with van der Waals surface area (Å²) in [5.41, 5.74) is 2.88. The van der Waals surface area contributed by atoms with Crippen LogP contribution in [0.1, 0.15) is 19.4 Å². The van der Waals surface area contributed by atoms with Crippen molar-refractivity contribution >= 4 is 40.2 Å². The highest BCUT2D eigenvalue weighted by Gasteiger charge is 2.58. The maximum Gasteiger partial charge on any atom is 0.321 e. The Balaban J connectivity index is 1.58. The van der Waals surface area contributed by atoms with E-state index in [2.05, 4.69) is 25.7 Å². The number of ether oxygens (including phenoxy) is 1. The molecule has 10 heteroatoms. The van der Waals surface area contributed by atoms with Gasteiger partial charge in [0.05, 0.1) is 34.7 Å². The second-order valence-corrected chi connectivity index (χ2v) is 9.44. The Hall–Kier alpha value is -3.17. The molecule has 2 aromatic heterocycles. The third-order valence-corrected chi connectivity index (χ3v) is 7.35. The lowest BCUT2D eigenvalue weighted by Gasteiger charge is -2.56. The van der Waals surface area contributed by atoms with Crippen LogP contribution >= 0.6 is 11.6 Å². The standard InChI is InChI=1S/C23H22ClN5O4/c1-11-9-29-18-14(8-23(20(29)12(2)32-11)10-26-22(31)27-21(23)30)7-15-17(13-3-5-25-6-4-13)28-33-19(15)16(18)24/h3-7,11-12,20H,8-10H2,1-2H3,(H2,26,27,30,31). The maximum absolute atomic E-state index is 13.3. The number of nitrogens with zero attached hydrogens (tertiary/aromatic N) is 3. The first kappa shape index (κ1) is 20.4. The fourth-order valence-corrected chi connectivity index (χ4v) is 6.13. The van der Waals surface area contributed by atoms with Crippen LogP contribution in [0, 0.1) is 5.41 Å². The minimum atomic E-state index is -0.897. The first-order valence-electron chi connectivity index (χ1n) is 10.9. The number of benzene rings is 1. The van der Waals surface area contributed by atoms with Gasteiger partial charge in [-0.1, -0.05) is 16.8 Å². The van der Waals surface area contributed by atoms with Gasteiger partial charge in [-0.2, -0.15) is 0 Å². The van der Waals surface area contributed by atoms with Crippen LogP contribution in [-0.4, -0.2) is 53.4 Å². The second-order valence-electron chi connectivity index (χ2n) is 9.06. The number of pyridine rings is 1. The zero-order valence-electron chi connectivity index (χ0n) is 18.1. The van der Waals surface area contributed by atoms with E-state index in [0.717, 1.165) is 22.2 Å². The van der Waals surface area contributed by atoms with Crippen LogP contribution in [-0.2, 0) is 16.0 Å². The zero-order valence-corrected chi connectivity index (χ0v) is 18.8. The Labute approximate surface area is 194 Å². The molecule has 33 heavy (non-hydrogen) atoms. The molecule has 2 N–H and O–H groups in total. The number of nitrogens with one attached hydrogen (secondary N) is 2. The summed E-state index contributed by atoms with van der Waals surface area (Å²) >= 11 is 6.96. The molecule has 3 amide bonds. The molecule has 4 atom stereocenters. The second kappa shape index (κ2) is 7.16. The van der Waals surface area contributed by atoms with Crippen molar-refractivity contribution in [2.75, 3.05) is 18.0 Å². The number of amides is 3. The molecule has 3 aliphatic heterocycles. The van der Waals surface area contributed by atoms with Crippen molar-refractivity contribution in [1.29, 1.82) is 0 Å². The number of hydrogen-bond donors (Lipinski definition) is 2. The third-order valence-electron chi connectivity index (χ3n) is 7.00. The number of anilines is 1. The smallest absolute Gasteiger partial charge is 0.321 e. The molecule has 2 saturated heterocycles. The lowest BCUT2D eigenvalue weighted by atomic mass is 9.67. The SMILES string of the molecule is CC1CN2c3c(cc4c(-c5ccncc5)noc4c3Cl)CC3(CNC(=O)NC3=O)C2C(C)O1. The van der Waals surface area contributed by atoms with Crippen molar-refractivity contribution in [2.45, 2.75) is 38.5 Å². The van der Waals surface area contributed by atoms with Crippen molar-refractivity contribution in [3.05, 3.63) is 41.2 Å². The highest BCUT2D eigenvalue weighted by molar-refractivity contribution is 6.38. The molecule has 0 saturated carbocycles. The van der Waals surface area contributed by atoms with Crippen molar-refractivity contribution < 1.29 is 18.8 Å². The van der Waals surface area contributed by atoms with Crippen LogP contribution in [0.5, 0.6) is 0 Å². The number of rotatable bonds is 1. The van der Waals surface area contributed by atoms with Gasteiger partial charge in [0.15, 0.2) is 5.58 Å². The number of carbonyl (C=O) groups excluding carboxylic acids is 2. The number of imide groups is 1. The van der Waals surface area contributed by atoms with E-state index in [1.807, 2.05) is 32.0 Å². The molecule has 1 spiro atoms. The summed E-state index contributed by atoms with van der Waals surface area (Å²) in [5, 5.41) is 10.8. The summed E-state index contributed by atoms with van der Waals surface area (Å²) < 4.78 is 11.9. The van der Waals surface area contributed by atoms with Crippen LogP contribution in [0.15, 0.2) is 35.1 Å². The molecular weight excluding hydrogens is 446 g/mol. The summed E-state index contributed by atoms with van der Waals surface area (Å²) in [6.07, 6.45) is 3.47. The van der Waals surface area contributed by atoms with E-state index >= 15 is 0 Å². The number of morpholine rings is 1. The molecule has 4 unspecified atom stereocenters. The first-order valence-corrected chi connectivity index (χ1v) is 11.3. The molecule has 3 aliphatic rings. The van der Waals surface area contributed by atoms with E-state index in [1.54, 1.807) is 12.4 Å². The van der Waals surface area contributed by atoms with E-state index in [9.17, 15) is 9.59 Å². The van der Waals surface area contributed by atoms with Crippen molar-refractivity contribution in [1.82, 2.24) is 20.8 Å². The van der Waals surface area contributed by atoms with E-state index in [4.69, 9.17) is 20.9 Å². The summed E-state index contributed by atoms with van der Waals surface area (Å²) in [4.78, 5) is 31.5. The highest BCUT2D eigenvalue weighted by atomic mass is 35.5.